The van der Waals surface area contributed by atoms with Crippen LogP contribution in [0.1, 0.15) is 19.8 Å². The van der Waals surface area contributed by atoms with Gasteiger partial charge in [0, 0.05) is 12.4 Å². The molecule has 3 N–H and O–H groups in total. The Labute approximate surface area is 104 Å². The van der Waals surface area contributed by atoms with Gasteiger partial charge in [0.2, 0.25) is 5.95 Å². The Morgan fingerprint density at radius 3 is 2.50 bits per heavy atom. The molecule has 1 unspecified atom stereocenters. The zero-order valence-electron chi connectivity index (χ0n) is 9.88. The highest BCUT2D eigenvalue weighted by Gasteiger charge is 2.48. The number of nitrogens with zero attached hydrogens (tertiary/aromatic N) is 2. The van der Waals surface area contributed by atoms with Gasteiger partial charge in [-0.15, -0.1) is 0 Å². The van der Waals surface area contributed by atoms with Gasteiger partial charge < -0.3 is 10.4 Å². The van der Waals surface area contributed by atoms with Crippen LogP contribution in [0.2, 0.25) is 0 Å². The summed E-state index contributed by atoms with van der Waals surface area (Å²) in [5, 5.41) is 14.1. The third kappa shape index (κ3) is 2.55. The van der Waals surface area contributed by atoms with Gasteiger partial charge in [-0.3, -0.25) is 5.32 Å². The zero-order chi connectivity index (χ0) is 13.2. The Balaban J connectivity index is 2.00. The van der Waals surface area contributed by atoms with Crippen LogP contribution in [0.4, 0.5) is 10.7 Å². The molecule has 1 aliphatic carbocycles. The number of nitrogens with one attached hydrogen (secondary N) is 2. The minimum absolute atomic E-state index is 0.0163. The first-order valence-electron chi connectivity index (χ1n) is 5.62. The standard InChI is InChI=1S/C11H14N4O3/c1-11(8(16)17,7-3-4-7)15-10(18)14-9-12-5-2-6-13-9/h2,5-7H,3-4H2,1H3,(H,16,17)(H2,12,13,14,15,18). The van der Waals surface area contributed by atoms with Crippen LogP contribution < -0.4 is 10.6 Å². The van der Waals surface area contributed by atoms with E-state index in [1.165, 1.54) is 19.3 Å². The fourth-order valence-corrected chi connectivity index (χ4v) is 1.72. The number of amides is 2. The predicted octanol–water partition coefficient (Wildman–Crippen LogP) is 0.851. The van der Waals surface area contributed by atoms with Crippen LogP contribution in [-0.2, 0) is 4.79 Å². The van der Waals surface area contributed by atoms with E-state index in [0.717, 1.165) is 12.8 Å². The summed E-state index contributed by atoms with van der Waals surface area (Å²) in [6, 6.07) is 1.01. The number of aromatic nitrogens is 2. The lowest BCUT2D eigenvalue weighted by Crippen LogP contribution is -2.55. The van der Waals surface area contributed by atoms with E-state index in [1.54, 1.807) is 6.07 Å². The number of carbonyl (C=O) groups excluding carboxylic acids is 1. The van der Waals surface area contributed by atoms with Crippen LogP contribution in [0.15, 0.2) is 18.5 Å². The maximum Gasteiger partial charge on any atom is 0.329 e. The maximum absolute atomic E-state index is 11.7. The molecule has 0 bridgehead atoms. The van der Waals surface area contributed by atoms with E-state index in [4.69, 9.17) is 0 Å². The van der Waals surface area contributed by atoms with E-state index in [-0.39, 0.29) is 11.9 Å². The molecule has 1 fully saturated rings. The maximum atomic E-state index is 11.7. The smallest absolute Gasteiger partial charge is 0.329 e. The topological polar surface area (TPSA) is 104 Å². The van der Waals surface area contributed by atoms with Gasteiger partial charge in [0.1, 0.15) is 5.54 Å². The molecule has 0 spiro atoms. The van der Waals surface area contributed by atoms with Crippen molar-refractivity contribution >= 4 is 17.9 Å². The largest absolute Gasteiger partial charge is 0.480 e. The van der Waals surface area contributed by atoms with Crippen LogP contribution in [0.25, 0.3) is 0 Å². The van der Waals surface area contributed by atoms with Crippen molar-refractivity contribution in [2.75, 3.05) is 5.32 Å². The number of rotatable bonds is 4. The molecule has 1 aromatic heterocycles. The number of aliphatic carboxylic acids is 1. The lowest BCUT2D eigenvalue weighted by molar-refractivity contribution is -0.144. The lowest BCUT2D eigenvalue weighted by atomic mass is 9.96. The summed E-state index contributed by atoms with van der Waals surface area (Å²) in [6.07, 6.45) is 4.59. The zero-order valence-corrected chi connectivity index (χ0v) is 9.88. The van der Waals surface area contributed by atoms with Crippen molar-refractivity contribution in [2.24, 2.45) is 5.92 Å². The van der Waals surface area contributed by atoms with Crippen LogP contribution in [0, 0.1) is 5.92 Å². The molecular formula is C11H14N4O3. The van der Waals surface area contributed by atoms with Gasteiger partial charge in [-0.25, -0.2) is 19.6 Å². The van der Waals surface area contributed by atoms with Gasteiger partial charge in [-0.2, -0.15) is 0 Å². The highest BCUT2D eigenvalue weighted by atomic mass is 16.4. The first-order chi connectivity index (χ1) is 8.52. The number of urea groups is 1. The molecule has 1 heterocycles. The minimum atomic E-state index is -1.24. The molecule has 1 atom stereocenters. The number of hydrogen-bond donors (Lipinski definition) is 3. The van der Waals surface area contributed by atoms with E-state index in [0.29, 0.717) is 0 Å². The molecule has 96 valence electrons. The number of anilines is 1. The summed E-state index contributed by atoms with van der Waals surface area (Å²) in [6.45, 7) is 1.51. The Morgan fingerprint density at radius 1 is 1.39 bits per heavy atom. The van der Waals surface area contributed by atoms with Crippen LogP contribution >= 0.6 is 0 Å². The number of hydrogen-bond acceptors (Lipinski definition) is 4. The second-order valence-corrected chi connectivity index (χ2v) is 4.43. The Hall–Kier alpha value is -2.18. The Morgan fingerprint density at radius 2 is 2.00 bits per heavy atom. The van der Waals surface area contributed by atoms with Gasteiger partial charge in [0.25, 0.3) is 0 Å². The summed E-state index contributed by atoms with van der Waals surface area (Å²) >= 11 is 0. The SMILES string of the molecule is CC(NC(=O)Nc1ncccn1)(C(=O)O)C1CC1. The van der Waals surface area contributed by atoms with Crippen molar-refractivity contribution in [3.63, 3.8) is 0 Å². The third-order valence-electron chi connectivity index (χ3n) is 3.00. The summed E-state index contributed by atoms with van der Waals surface area (Å²) in [4.78, 5) is 30.6. The van der Waals surface area contributed by atoms with Crippen LogP contribution in [0.5, 0.6) is 0 Å². The van der Waals surface area contributed by atoms with Crippen molar-refractivity contribution in [3.05, 3.63) is 18.5 Å². The fraction of sp³-hybridized carbons (Fsp3) is 0.455. The molecule has 7 heteroatoms. The Kier molecular flexibility index (Phi) is 3.14. The molecule has 7 nitrogen and oxygen atoms in total. The highest BCUT2D eigenvalue weighted by Crippen LogP contribution is 2.39. The van der Waals surface area contributed by atoms with Crippen molar-refractivity contribution < 1.29 is 14.7 Å². The molecule has 0 aromatic carbocycles. The van der Waals surface area contributed by atoms with Gasteiger partial charge in [-0.1, -0.05) is 0 Å². The molecule has 0 radical (unpaired) electrons. The van der Waals surface area contributed by atoms with Crippen molar-refractivity contribution in [1.82, 2.24) is 15.3 Å². The first kappa shape index (κ1) is 12.3. The van der Waals surface area contributed by atoms with E-state index < -0.39 is 17.5 Å². The highest BCUT2D eigenvalue weighted by molar-refractivity contribution is 5.92. The molecule has 1 aliphatic rings. The number of carboxylic acids is 1. The van der Waals surface area contributed by atoms with E-state index in [2.05, 4.69) is 20.6 Å². The van der Waals surface area contributed by atoms with Crippen molar-refractivity contribution in [1.29, 1.82) is 0 Å². The van der Waals surface area contributed by atoms with Crippen molar-refractivity contribution in [3.8, 4) is 0 Å². The summed E-state index contributed by atoms with van der Waals surface area (Å²) in [7, 11) is 0. The van der Waals surface area contributed by atoms with Gasteiger partial charge in [-0.05, 0) is 31.7 Å². The number of carbonyl (C=O) groups is 2. The second-order valence-electron chi connectivity index (χ2n) is 4.43. The molecule has 1 aromatic rings. The summed E-state index contributed by atoms with van der Waals surface area (Å²) in [5.74, 6) is -0.912. The van der Waals surface area contributed by atoms with Crippen LogP contribution in [-0.4, -0.2) is 32.6 Å². The van der Waals surface area contributed by atoms with Gasteiger partial charge in [0.15, 0.2) is 0 Å². The Bertz CT molecular complexity index is 461. The third-order valence-corrected chi connectivity index (χ3v) is 3.00. The van der Waals surface area contributed by atoms with Gasteiger partial charge >= 0.3 is 12.0 Å². The van der Waals surface area contributed by atoms with E-state index in [1.807, 2.05) is 0 Å². The van der Waals surface area contributed by atoms with Gasteiger partial charge in [0.05, 0.1) is 0 Å². The molecule has 1 saturated carbocycles. The van der Waals surface area contributed by atoms with Crippen molar-refractivity contribution in [2.45, 2.75) is 25.3 Å². The molecule has 0 saturated heterocycles. The average Bonchev–Trinajstić information content (AvgIpc) is 3.13. The quantitative estimate of drug-likeness (QED) is 0.734. The monoisotopic (exact) mass is 250 g/mol. The molecule has 0 aliphatic heterocycles. The fourth-order valence-electron chi connectivity index (χ4n) is 1.72. The van der Waals surface area contributed by atoms with E-state index in [9.17, 15) is 14.7 Å². The average molecular weight is 250 g/mol. The minimum Gasteiger partial charge on any atom is -0.480 e. The first-order valence-corrected chi connectivity index (χ1v) is 5.62. The molecule has 18 heavy (non-hydrogen) atoms. The molecule has 2 rings (SSSR count). The predicted molar refractivity (Wildman–Crippen MR) is 63.0 cm³/mol. The molecule has 2 amide bonds. The summed E-state index contributed by atoms with van der Waals surface area (Å²) < 4.78 is 0. The lowest BCUT2D eigenvalue weighted by Gasteiger charge is -2.25. The number of carboxylic acid groups (broad SMARTS) is 1. The molecular weight excluding hydrogens is 236 g/mol. The summed E-state index contributed by atoms with van der Waals surface area (Å²) in [5.41, 5.74) is -1.24. The second kappa shape index (κ2) is 4.59. The van der Waals surface area contributed by atoms with Crippen LogP contribution in [0.3, 0.4) is 0 Å². The normalized spacial score (nSPS) is 17.6. The van der Waals surface area contributed by atoms with E-state index >= 15 is 0 Å².